The largest absolute Gasteiger partial charge is 0.490 e. The molecule has 0 aliphatic heterocycles. The van der Waals surface area contributed by atoms with Gasteiger partial charge in [-0.05, 0) is 50.7 Å². The third-order valence-electron chi connectivity index (χ3n) is 3.80. The van der Waals surface area contributed by atoms with E-state index in [-0.39, 0.29) is 12.7 Å². The molecule has 0 spiro atoms. The van der Waals surface area contributed by atoms with Gasteiger partial charge in [-0.3, -0.25) is 4.79 Å². The van der Waals surface area contributed by atoms with Crippen LogP contribution in [0.4, 0.5) is 0 Å². The van der Waals surface area contributed by atoms with E-state index in [4.69, 9.17) is 14.7 Å². The maximum absolute atomic E-state index is 10.3. The van der Waals surface area contributed by atoms with E-state index < -0.39 is 0 Å². The second kappa shape index (κ2) is 7.14. The van der Waals surface area contributed by atoms with Crippen molar-refractivity contribution in [2.24, 2.45) is 5.92 Å². The standard InChI is InChI=1S/C15H21NO4/c1-11-14(3-2-4-15(11)20-16-10-18)19-13-7-5-12(9-17)6-8-13/h2-4,10,12-13,17H,5-9H2,1H3,(H,16,18). The molecule has 0 heterocycles. The summed E-state index contributed by atoms with van der Waals surface area (Å²) < 4.78 is 6.02. The average Bonchev–Trinajstić information content (AvgIpc) is 2.49. The summed E-state index contributed by atoms with van der Waals surface area (Å²) in [6.45, 7) is 2.17. The van der Waals surface area contributed by atoms with Gasteiger partial charge < -0.3 is 14.7 Å². The molecule has 0 aromatic heterocycles. The van der Waals surface area contributed by atoms with Crippen molar-refractivity contribution >= 4 is 6.41 Å². The SMILES string of the molecule is Cc1c(ONC=O)cccc1OC1CCC(CO)CC1. The first kappa shape index (κ1) is 14.7. The smallest absolute Gasteiger partial charge is 0.239 e. The van der Waals surface area contributed by atoms with Gasteiger partial charge in [0.1, 0.15) is 5.75 Å². The number of carbonyl (C=O) groups is 1. The molecule has 20 heavy (non-hydrogen) atoms. The highest BCUT2D eigenvalue weighted by molar-refractivity contribution is 5.47. The van der Waals surface area contributed by atoms with Crippen LogP contribution >= 0.6 is 0 Å². The molecule has 0 unspecified atom stereocenters. The van der Waals surface area contributed by atoms with Crippen LogP contribution in [0.2, 0.25) is 0 Å². The summed E-state index contributed by atoms with van der Waals surface area (Å²) in [7, 11) is 0. The predicted molar refractivity (Wildman–Crippen MR) is 74.5 cm³/mol. The molecule has 1 amide bonds. The van der Waals surface area contributed by atoms with Crippen molar-refractivity contribution in [1.82, 2.24) is 5.48 Å². The highest BCUT2D eigenvalue weighted by atomic mass is 16.7. The molecule has 1 fully saturated rings. The maximum atomic E-state index is 10.3. The van der Waals surface area contributed by atoms with E-state index in [0.717, 1.165) is 37.0 Å². The van der Waals surface area contributed by atoms with Gasteiger partial charge in [-0.25, -0.2) is 0 Å². The first-order valence-electron chi connectivity index (χ1n) is 6.97. The van der Waals surface area contributed by atoms with Crippen molar-refractivity contribution in [3.05, 3.63) is 23.8 Å². The summed E-state index contributed by atoms with van der Waals surface area (Å²) in [5, 5.41) is 9.14. The average molecular weight is 279 g/mol. The van der Waals surface area contributed by atoms with Gasteiger partial charge in [0.15, 0.2) is 5.75 Å². The Bertz CT molecular complexity index is 441. The van der Waals surface area contributed by atoms with Crippen LogP contribution in [0, 0.1) is 12.8 Å². The molecule has 0 bridgehead atoms. The minimum Gasteiger partial charge on any atom is -0.490 e. The number of rotatable bonds is 6. The number of hydrogen-bond acceptors (Lipinski definition) is 4. The Labute approximate surface area is 118 Å². The van der Waals surface area contributed by atoms with Crippen LogP contribution in [0.1, 0.15) is 31.2 Å². The molecule has 2 N–H and O–H groups in total. The summed E-state index contributed by atoms with van der Waals surface area (Å²) >= 11 is 0. The number of ether oxygens (including phenoxy) is 1. The van der Waals surface area contributed by atoms with Gasteiger partial charge in [0, 0.05) is 12.2 Å². The second-order valence-electron chi connectivity index (χ2n) is 5.16. The van der Waals surface area contributed by atoms with E-state index in [9.17, 15) is 4.79 Å². The van der Waals surface area contributed by atoms with Crippen LogP contribution in [-0.4, -0.2) is 24.2 Å². The lowest BCUT2D eigenvalue weighted by atomic mass is 9.88. The molecule has 0 saturated heterocycles. The molecule has 2 rings (SSSR count). The first-order valence-corrected chi connectivity index (χ1v) is 6.97. The number of aliphatic hydroxyl groups is 1. The number of benzene rings is 1. The van der Waals surface area contributed by atoms with Gasteiger partial charge in [0.2, 0.25) is 6.41 Å². The van der Waals surface area contributed by atoms with E-state index in [2.05, 4.69) is 5.48 Å². The minimum atomic E-state index is 0.186. The van der Waals surface area contributed by atoms with Gasteiger partial charge in [-0.15, -0.1) is 0 Å². The molecule has 1 saturated carbocycles. The summed E-state index contributed by atoms with van der Waals surface area (Å²) in [5.74, 6) is 1.78. The zero-order valence-corrected chi connectivity index (χ0v) is 11.7. The molecular formula is C15H21NO4. The molecule has 0 atom stereocenters. The van der Waals surface area contributed by atoms with Gasteiger partial charge in [0.05, 0.1) is 6.10 Å². The van der Waals surface area contributed by atoms with Crippen LogP contribution in [0.25, 0.3) is 0 Å². The zero-order chi connectivity index (χ0) is 14.4. The van der Waals surface area contributed by atoms with Gasteiger partial charge >= 0.3 is 0 Å². The Morgan fingerprint density at radius 3 is 2.65 bits per heavy atom. The number of aliphatic hydroxyl groups excluding tert-OH is 1. The Kier molecular flexibility index (Phi) is 5.24. The lowest BCUT2D eigenvalue weighted by molar-refractivity contribution is -0.115. The molecule has 1 aromatic rings. The Hall–Kier alpha value is -1.75. The predicted octanol–water partition coefficient (Wildman–Crippen LogP) is 1.96. The number of nitrogens with one attached hydrogen (secondary N) is 1. The highest BCUT2D eigenvalue weighted by Crippen LogP contribution is 2.31. The van der Waals surface area contributed by atoms with Crippen molar-refractivity contribution in [1.29, 1.82) is 0 Å². The van der Waals surface area contributed by atoms with Crippen molar-refractivity contribution in [3.63, 3.8) is 0 Å². The van der Waals surface area contributed by atoms with Crippen molar-refractivity contribution in [3.8, 4) is 11.5 Å². The fourth-order valence-electron chi connectivity index (χ4n) is 2.53. The molecule has 1 aliphatic carbocycles. The Morgan fingerprint density at radius 2 is 2.00 bits per heavy atom. The summed E-state index contributed by atoms with van der Waals surface area (Å²) in [4.78, 5) is 15.4. The van der Waals surface area contributed by atoms with E-state index in [1.54, 1.807) is 6.07 Å². The fraction of sp³-hybridized carbons (Fsp3) is 0.533. The van der Waals surface area contributed by atoms with Crippen LogP contribution in [0.3, 0.4) is 0 Å². The topological polar surface area (TPSA) is 67.8 Å². The van der Waals surface area contributed by atoms with E-state index in [1.807, 2.05) is 19.1 Å². The monoisotopic (exact) mass is 279 g/mol. The van der Waals surface area contributed by atoms with Gasteiger partial charge in [-0.2, -0.15) is 5.48 Å². The van der Waals surface area contributed by atoms with E-state index in [1.165, 1.54) is 0 Å². The summed E-state index contributed by atoms with van der Waals surface area (Å²) in [5.41, 5.74) is 3.05. The Morgan fingerprint density at radius 1 is 1.30 bits per heavy atom. The maximum Gasteiger partial charge on any atom is 0.239 e. The molecule has 5 heteroatoms. The van der Waals surface area contributed by atoms with Crippen LogP contribution in [-0.2, 0) is 4.79 Å². The van der Waals surface area contributed by atoms with Crippen LogP contribution < -0.4 is 15.1 Å². The van der Waals surface area contributed by atoms with Gasteiger partial charge in [-0.1, -0.05) is 6.07 Å². The normalized spacial score (nSPS) is 22.1. The van der Waals surface area contributed by atoms with Gasteiger partial charge in [0.25, 0.3) is 0 Å². The third-order valence-corrected chi connectivity index (χ3v) is 3.80. The molecular weight excluding hydrogens is 258 g/mol. The minimum absolute atomic E-state index is 0.186. The summed E-state index contributed by atoms with van der Waals surface area (Å²) in [6, 6.07) is 5.52. The molecule has 1 aromatic carbocycles. The van der Waals surface area contributed by atoms with Crippen LogP contribution in [0.15, 0.2) is 18.2 Å². The quantitative estimate of drug-likeness (QED) is 0.617. The number of amides is 1. The highest BCUT2D eigenvalue weighted by Gasteiger charge is 2.22. The molecule has 5 nitrogen and oxygen atoms in total. The molecule has 110 valence electrons. The van der Waals surface area contributed by atoms with Crippen molar-refractivity contribution < 1.29 is 19.5 Å². The Balaban J connectivity index is 1.97. The number of carbonyl (C=O) groups excluding carboxylic acids is 1. The van der Waals surface area contributed by atoms with Crippen LogP contribution in [0.5, 0.6) is 11.5 Å². The summed E-state index contributed by atoms with van der Waals surface area (Å²) in [6.07, 6.45) is 4.60. The number of hydroxylamine groups is 1. The zero-order valence-electron chi connectivity index (χ0n) is 11.7. The second-order valence-corrected chi connectivity index (χ2v) is 5.16. The third kappa shape index (κ3) is 3.63. The molecule has 1 aliphatic rings. The fourth-order valence-corrected chi connectivity index (χ4v) is 2.53. The van der Waals surface area contributed by atoms with Crippen molar-refractivity contribution in [2.45, 2.75) is 38.7 Å². The van der Waals surface area contributed by atoms with Crippen molar-refractivity contribution in [2.75, 3.05) is 6.61 Å². The first-order chi connectivity index (χ1) is 9.74. The molecule has 0 radical (unpaired) electrons. The lowest BCUT2D eigenvalue weighted by Gasteiger charge is -2.28. The number of hydrogen-bond donors (Lipinski definition) is 2. The lowest BCUT2D eigenvalue weighted by Crippen LogP contribution is -2.26. The van der Waals surface area contributed by atoms with E-state index >= 15 is 0 Å². The van der Waals surface area contributed by atoms with E-state index in [0.29, 0.717) is 18.1 Å².